The molecule has 0 unspecified atom stereocenters. The van der Waals surface area contributed by atoms with Crippen LogP contribution < -0.4 is 15.0 Å². The minimum Gasteiger partial charge on any atom is -0.494 e. The normalized spacial score (nSPS) is 11.4. The first-order valence-corrected chi connectivity index (χ1v) is 14.2. The number of ether oxygens (including phenoxy) is 2. The maximum absolute atomic E-state index is 13.9. The summed E-state index contributed by atoms with van der Waals surface area (Å²) in [5.41, 5.74) is 3.04. The van der Waals surface area contributed by atoms with Crippen molar-refractivity contribution >= 4 is 22.8 Å². The summed E-state index contributed by atoms with van der Waals surface area (Å²) in [6, 6.07) is 21.1. The maximum Gasteiger partial charge on any atom is 0.311 e. The lowest BCUT2D eigenvalue weighted by Crippen LogP contribution is -2.21. The molecule has 0 bridgehead atoms. The fourth-order valence-corrected chi connectivity index (χ4v) is 4.92. The number of nitro groups is 1. The lowest BCUT2D eigenvalue weighted by atomic mass is 9.96. The predicted octanol–water partition coefficient (Wildman–Crippen LogP) is 7.40. The first-order chi connectivity index (χ1) is 21.2. The van der Waals surface area contributed by atoms with Gasteiger partial charge >= 0.3 is 5.69 Å². The monoisotopic (exact) mass is 594 g/mol. The zero-order valence-corrected chi connectivity index (χ0v) is 24.8. The number of aryl methyl sites for hydroxylation is 1. The standard InChI is InChI=1S/C34H31FN4O5/c1-5-43-31-16-22(4)28(18-27(31)21(2)3)33-37-29-14-7-6-13-26(29)34(40)38(33)36-19-24-11-9-15-30(39(41)42)32(24)44-20-23-10-8-12-25(35)17-23/h6-19,21H,5,20H2,1-4H3. The lowest BCUT2D eigenvalue weighted by molar-refractivity contribution is -0.385. The van der Waals surface area contributed by atoms with Crippen LogP contribution in [0.15, 0.2) is 88.8 Å². The zero-order valence-electron chi connectivity index (χ0n) is 24.8. The van der Waals surface area contributed by atoms with Crippen molar-refractivity contribution in [3.63, 3.8) is 0 Å². The highest BCUT2D eigenvalue weighted by Gasteiger charge is 2.21. The first-order valence-electron chi connectivity index (χ1n) is 14.2. The Bertz CT molecular complexity index is 1950. The molecule has 1 heterocycles. The van der Waals surface area contributed by atoms with E-state index in [0.29, 0.717) is 34.5 Å². The molecule has 0 fully saturated rings. The predicted molar refractivity (Wildman–Crippen MR) is 168 cm³/mol. The minimum atomic E-state index is -0.565. The topological polar surface area (TPSA) is 109 Å². The number of rotatable bonds is 10. The highest BCUT2D eigenvalue weighted by Crippen LogP contribution is 2.35. The Morgan fingerprint density at radius 3 is 2.55 bits per heavy atom. The molecule has 5 aromatic rings. The van der Waals surface area contributed by atoms with E-state index < -0.39 is 16.3 Å². The molecule has 5 rings (SSSR count). The summed E-state index contributed by atoms with van der Waals surface area (Å²) in [6.45, 7) is 8.35. The molecule has 4 aromatic carbocycles. The largest absolute Gasteiger partial charge is 0.494 e. The number of benzene rings is 4. The van der Waals surface area contributed by atoms with E-state index in [1.54, 1.807) is 30.3 Å². The summed E-state index contributed by atoms with van der Waals surface area (Å²) in [5, 5.41) is 16.8. The molecule has 0 saturated heterocycles. The highest BCUT2D eigenvalue weighted by atomic mass is 19.1. The van der Waals surface area contributed by atoms with Crippen LogP contribution in [0.3, 0.4) is 0 Å². The Balaban J connectivity index is 1.67. The van der Waals surface area contributed by atoms with Gasteiger partial charge in [0, 0.05) is 17.2 Å². The molecule has 10 heteroatoms. The summed E-state index contributed by atoms with van der Waals surface area (Å²) in [5.74, 6) is 0.686. The second-order valence-corrected chi connectivity index (χ2v) is 10.5. The molecule has 0 aliphatic rings. The lowest BCUT2D eigenvalue weighted by Gasteiger charge is -2.18. The van der Waals surface area contributed by atoms with Crippen LogP contribution in [0.4, 0.5) is 10.1 Å². The number of hydrogen-bond acceptors (Lipinski definition) is 7. The van der Waals surface area contributed by atoms with Crippen LogP contribution >= 0.6 is 0 Å². The van der Waals surface area contributed by atoms with Gasteiger partial charge in [0.2, 0.25) is 5.75 Å². The third-order valence-corrected chi connectivity index (χ3v) is 7.08. The van der Waals surface area contributed by atoms with E-state index in [2.05, 4.69) is 18.9 Å². The molecule has 0 N–H and O–H groups in total. The van der Waals surface area contributed by atoms with Crippen LogP contribution in [-0.4, -0.2) is 27.4 Å². The number of hydrogen-bond donors (Lipinski definition) is 0. The Hall–Kier alpha value is -5.38. The number of nitro benzene ring substituents is 1. The second kappa shape index (κ2) is 12.9. The molecule has 44 heavy (non-hydrogen) atoms. The SMILES string of the molecule is CCOc1cc(C)c(-c2nc3ccccc3c(=O)n2N=Cc2cccc([N+](=O)[O-])c2OCc2cccc(F)c2)cc1C(C)C. The maximum atomic E-state index is 13.9. The van der Waals surface area contributed by atoms with Gasteiger partial charge in [0.15, 0.2) is 5.82 Å². The summed E-state index contributed by atoms with van der Waals surface area (Å²) >= 11 is 0. The molecule has 0 amide bonds. The molecular formula is C34H31FN4O5. The van der Waals surface area contributed by atoms with E-state index in [4.69, 9.17) is 14.5 Å². The molecule has 0 aliphatic carbocycles. The summed E-state index contributed by atoms with van der Waals surface area (Å²) in [6.07, 6.45) is 1.34. The van der Waals surface area contributed by atoms with E-state index >= 15 is 0 Å². The van der Waals surface area contributed by atoms with E-state index in [9.17, 15) is 19.3 Å². The van der Waals surface area contributed by atoms with E-state index in [1.807, 2.05) is 32.0 Å². The molecule has 9 nitrogen and oxygen atoms in total. The van der Waals surface area contributed by atoms with Gasteiger partial charge in [-0.05, 0) is 78.9 Å². The van der Waals surface area contributed by atoms with Crippen LogP contribution in [0.2, 0.25) is 0 Å². The minimum absolute atomic E-state index is 0.0619. The fourth-order valence-electron chi connectivity index (χ4n) is 4.92. The molecule has 1 aromatic heterocycles. The Morgan fingerprint density at radius 1 is 1.05 bits per heavy atom. The van der Waals surface area contributed by atoms with Gasteiger partial charge in [0.05, 0.1) is 28.6 Å². The van der Waals surface area contributed by atoms with Gasteiger partial charge in [-0.25, -0.2) is 9.37 Å². The van der Waals surface area contributed by atoms with Crippen molar-refractivity contribution in [2.45, 2.75) is 40.2 Å². The molecule has 0 spiro atoms. The summed E-state index contributed by atoms with van der Waals surface area (Å²) in [4.78, 5) is 30.0. The van der Waals surface area contributed by atoms with Crippen molar-refractivity contribution < 1.29 is 18.8 Å². The van der Waals surface area contributed by atoms with Crippen molar-refractivity contribution in [3.05, 3.63) is 127 Å². The van der Waals surface area contributed by atoms with Crippen molar-refractivity contribution in [1.82, 2.24) is 9.66 Å². The molecule has 0 radical (unpaired) electrons. The second-order valence-electron chi connectivity index (χ2n) is 10.5. The van der Waals surface area contributed by atoms with Crippen molar-refractivity contribution in [2.75, 3.05) is 6.61 Å². The number of fused-ring (bicyclic) bond motifs is 1. The van der Waals surface area contributed by atoms with Crippen LogP contribution in [0.5, 0.6) is 11.5 Å². The molecule has 0 atom stereocenters. The van der Waals surface area contributed by atoms with Crippen molar-refractivity contribution in [2.24, 2.45) is 5.10 Å². The molecular weight excluding hydrogens is 563 g/mol. The summed E-state index contributed by atoms with van der Waals surface area (Å²) in [7, 11) is 0. The zero-order chi connectivity index (χ0) is 31.4. The van der Waals surface area contributed by atoms with Crippen LogP contribution in [0.25, 0.3) is 22.3 Å². The molecule has 0 aliphatic heterocycles. The fraction of sp³-hybridized carbons (Fsp3) is 0.206. The van der Waals surface area contributed by atoms with Crippen LogP contribution in [-0.2, 0) is 6.61 Å². The third-order valence-electron chi connectivity index (χ3n) is 7.08. The van der Waals surface area contributed by atoms with Crippen molar-refractivity contribution in [3.8, 4) is 22.9 Å². The van der Waals surface area contributed by atoms with Gasteiger partial charge in [-0.3, -0.25) is 14.9 Å². The van der Waals surface area contributed by atoms with Gasteiger partial charge < -0.3 is 9.47 Å². The third kappa shape index (κ3) is 6.19. The number of aromatic nitrogens is 2. The van der Waals surface area contributed by atoms with E-state index in [0.717, 1.165) is 16.9 Å². The van der Waals surface area contributed by atoms with E-state index in [1.165, 1.54) is 41.2 Å². The quantitative estimate of drug-likeness (QED) is 0.0947. The Morgan fingerprint density at radius 2 is 1.82 bits per heavy atom. The average Bonchev–Trinajstić information content (AvgIpc) is 3.00. The van der Waals surface area contributed by atoms with Crippen LogP contribution in [0.1, 0.15) is 48.9 Å². The van der Waals surface area contributed by atoms with Gasteiger partial charge in [-0.2, -0.15) is 9.78 Å². The van der Waals surface area contributed by atoms with Crippen molar-refractivity contribution in [1.29, 1.82) is 0 Å². The highest BCUT2D eigenvalue weighted by molar-refractivity contribution is 5.86. The summed E-state index contributed by atoms with van der Waals surface area (Å²) < 4.78 is 26.7. The van der Waals surface area contributed by atoms with Gasteiger partial charge in [-0.1, -0.05) is 44.2 Å². The van der Waals surface area contributed by atoms with E-state index in [-0.39, 0.29) is 29.5 Å². The van der Waals surface area contributed by atoms with Crippen LogP contribution in [0, 0.1) is 22.9 Å². The Labute approximate surface area is 253 Å². The first kappa shape index (κ1) is 30.1. The molecule has 224 valence electrons. The number of nitrogens with zero attached hydrogens (tertiary/aromatic N) is 4. The number of halogens is 1. The Kier molecular flexibility index (Phi) is 8.80. The molecule has 0 saturated carbocycles. The smallest absolute Gasteiger partial charge is 0.311 e. The van der Waals surface area contributed by atoms with Gasteiger partial charge in [0.1, 0.15) is 18.2 Å². The van der Waals surface area contributed by atoms with Gasteiger partial charge in [-0.15, -0.1) is 0 Å². The number of para-hydroxylation sites is 2. The average molecular weight is 595 g/mol. The van der Waals surface area contributed by atoms with Gasteiger partial charge in [0.25, 0.3) is 5.56 Å².